The Hall–Kier alpha value is -1.42. The molecule has 0 atom stereocenters. The van der Waals surface area contributed by atoms with Gasteiger partial charge in [-0.1, -0.05) is 18.5 Å². The van der Waals surface area contributed by atoms with E-state index in [2.05, 4.69) is 4.90 Å². The predicted octanol–water partition coefficient (Wildman–Crippen LogP) is 2.41. The van der Waals surface area contributed by atoms with Crippen LogP contribution < -0.4 is 9.64 Å². The van der Waals surface area contributed by atoms with Gasteiger partial charge in [-0.2, -0.15) is 0 Å². The fraction of sp³-hybridized carbons (Fsp3) is 0.500. The van der Waals surface area contributed by atoms with Gasteiger partial charge in [0.05, 0.1) is 12.1 Å². The van der Waals surface area contributed by atoms with E-state index in [-0.39, 0.29) is 5.91 Å². The first-order valence-corrected chi connectivity index (χ1v) is 6.89. The number of hydrogen-bond donors (Lipinski definition) is 0. The molecule has 0 N–H and O–H groups in total. The third kappa shape index (κ3) is 3.13. The number of nitrogens with zero attached hydrogens (tertiary/aromatic N) is 2. The number of anilines is 1. The quantitative estimate of drug-likeness (QED) is 0.853. The van der Waals surface area contributed by atoms with Crippen LogP contribution in [0, 0.1) is 0 Å². The predicted molar refractivity (Wildman–Crippen MR) is 77.1 cm³/mol. The van der Waals surface area contributed by atoms with Crippen LogP contribution in [0.1, 0.15) is 13.3 Å². The van der Waals surface area contributed by atoms with Gasteiger partial charge in [-0.25, -0.2) is 0 Å². The fourth-order valence-corrected chi connectivity index (χ4v) is 2.54. The fourth-order valence-electron chi connectivity index (χ4n) is 2.29. The number of piperazine rings is 1. The molecule has 4 nitrogen and oxygen atoms in total. The van der Waals surface area contributed by atoms with Gasteiger partial charge < -0.3 is 14.5 Å². The average molecular weight is 283 g/mol. The lowest BCUT2D eigenvalue weighted by molar-refractivity contribution is -0.131. The summed E-state index contributed by atoms with van der Waals surface area (Å²) in [5.41, 5.74) is 1.08. The van der Waals surface area contributed by atoms with E-state index in [0.29, 0.717) is 17.2 Å². The minimum atomic E-state index is 0.229. The van der Waals surface area contributed by atoms with Gasteiger partial charge in [0.1, 0.15) is 5.75 Å². The number of ether oxygens (including phenoxy) is 1. The molecule has 1 saturated heterocycles. The highest BCUT2D eigenvalue weighted by Crippen LogP contribution is 2.29. The summed E-state index contributed by atoms with van der Waals surface area (Å²) >= 11 is 6.13. The van der Waals surface area contributed by atoms with E-state index < -0.39 is 0 Å². The minimum Gasteiger partial charge on any atom is -0.495 e. The number of carbonyl (C=O) groups excluding carboxylic acids is 1. The molecule has 0 saturated carbocycles. The largest absolute Gasteiger partial charge is 0.495 e. The van der Waals surface area contributed by atoms with Crippen molar-refractivity contribution in [2.75, 3.05) is 38.2 Å². The van der Waals surface area contributed by atoms with E-state index in [4.69, 9.17) is 16.3 Å². The number of carbonyl (C=O) groups is 1. The second-order valence-corrected chi connectivity index (χ2v) is 4.95. The third-order valence-electron chi connectivity index (χ3n) is 3.44. The first-order valence-electron chi connectivity index (χ1n) is 6.52. The topological polar surface area (TPSA) is 32.8 Å². The normalized spacial score (nSPS) is 15.5. The van der Waals surface area contributed by atoms with Crippen molar-refractivity contribution in [2.24, 2.45) is 0 Å². The molecule has 2 rings (SSSR count). The highest BCUT2D eigenvalue weighted by molar-refractivity contribution is 6.32. The summed E-state index contributed by atoms with van der Waals surface area (Å²) in [5, 5.41) is 0.618. The molecule has 0 aliphatic carbocycles. The van der Waals surface area contributed by atoms with Crippen LogP contribution in [0.3, 0.4) is 0 Å². The third-order valence-corrected chi connectivity index (χ3v) is 3.73. The number of benzene rings is 1. The van der Waals surface area contributed by atoms with Gasteiger partial charge in [0.2, 0.25) is 5.91 Å². The Balaban J connectivity index is 2.01. The van der Waals surface area contributed by atoms with Crippen LogP contribution in [0.15, 0.2) is 18.2 Å². The van der Waals surface area contributed by atoms with Crippen LogP contribution in [0.5, 0.6) is 5.75 Å². The van der Waals surface area contributed by atoms with Crippen molar-refractivity contribution in [1.82, 2.24) is 4.90 Å². The zero-order valence-corrected chi connectivity index (χ0v) is 12.1. The van der Waals surface area contributed by atoms with Crippen LogP contribution in [0.4, 0.5) is 5.69 Å². The van der Waals surface area contributed by atoms with Crippen LogP contribution >= 0.6 is 11.6 Å². The maximum absolute atomic E-state index is 11.6. The van der Waals surface area contributed by atoms with Crippen molar-refractivity contribution in [2.45, 2.75) is 13.3 Å². The summed E-state index contributed by atoms with van der Waals surface area (Å²) < 4.78 is 5.15. The van der Waals surface area contributed by atoms with E-state index in [1.807, 2.05) is 30.0 Å². The molecule has 1 aliphatic heterocycles. The van der Waals surface area contributed by atoms with Crippen LogP contribution in [-0.4, -0.2) is 44.1 Å². The second kappa shape index (κ2) is 6.15. The lowest BCUT2D eigenvalue weighted by atomic mass is 10.2. The van der Waals surface area contributed by atoms with Crippen LogP contribution in [0.25, 0.3) is 0 Å². The Bertz CT molecular complexity index is 457. The molecule has 19 heavy (non-hydrogen) atoms. The van der Waals surface area contributed by atoms with Gasteiger partial charge in [-0.05, 0) is 18.2 Å². The van der Waals surface area contributed by atoms with E-state index in [1.54, 1.807) is 7.11 Å². The highest BCUT2D eigenvalue weighted by atomic mass is 35.5. The molecule has 0 aromatic heterocycles. The molecule has 1 heterocycles. The minimum absolute atomic E-state index is 0.229. The SMILES string of the molecule is CCC(=O)N1CCN(c2ccc(OC)c(Cl)c2)CC1. The molecule has 0 spiro atoms. The Morgan fingerprint density at radius 2 is 2.00 bits per heavy atom. The average Bonchev–Trinajstić information content (AvgIpc) is 2.46. The highest BCUT2D eigenvalue weighted by Gasteiger charge is 2.20. The lowest BCUT2D eigenvalue weighted by Gasteiger charge is -2.36. The summed E-state index contributed by atoms with van der Waals surface area (Å²) in [6, 6.07) is 5.79. The summed E-state index contributed by atoms with van der Waals surface area (Å²) in [6.45, 7) is 5.13. The smallest absolute Gasteiger partial charge is 0.222 e. The van der Waals surface area contributed by atoms with E-state index in [1.165, 1.54) is 0 Å². The molecular formula is C14H19ClN2O2. The Morgan fingerprint density at radius 3 is 2.53 bits per heavy atom. The van der Waals surface area contributed by atoms with Crippen molar-refractivity contribution in [3.05, 3.63) is 23.2 Å². The molecule has 1 aliphatic rings. The molecule has 1 aromatic carbocycles. The first-order chi connectivity index (χ1) is 9.15. The van der Waals surface area contributed by atoms with Crippen molar-refractivity contribution in [1.29, 1.82) is 0 Å². The van der Waals surface area contributed by atoms with Gasteiger partial charge in [0.25, 0.3) is 0 Å². The first kappa shape index (κ1) is 14.0. The number of amides is 1. The molecule has 1 amide bonds. The molecule has 0 bridgehead atoms. The van der Waals surface area contributed by atoms with Crippen molar-refractivity contribution < 1.29 is 9.53 Å². The number of hydrogen-bond acceptors (Lipinski definition) is 3. The molecule has 0 radical (unpaired) electrons. The van der Waals surface area contributed by atoms with Gasteiger partial charge in [-0.3, -0.25) is 4.79 Å². The van der Waals surface area contributed by atoms with Crippen molar-refractivity contribution in [3.8, 4) is 5.75 Å². The van der Waals surface area contributed by atoms with Gasteiger partial charge in [-0.15, -0.1) is 0 Å². The number of rotatable bonds is 3. The summed E-state index contributed by atoms with van der Waals surface area (Å²) in [7, 11) is 1.61. The number of halogens is 1. The van der Waals surface area contributed by atoms with Crippen molar-refractivity contribution >= 4 is 23.2 Å². The maximum atomic E-state index is 11.6. The Kier molecular flexibility index (Phi) is 4.53. The van der Waals surface area contributed by atoms with Gasteiger partial charge in [0, 0.05) is 38.3 Å². The standard InChI is InChI=1S/C14H19ClN2O2/c1-3-14(18)17-8-6-16(7-9-17)11-4-5-13(19-2)12(15)10-11/h4-5,10H,3,6-9H2,1-2H3. The lowest BCUT2D eigenvalue weighted by Crippen LogP contribution is -2.48. The molecule has 0 unspecified atom stereocenters. The Labute approximate surface area is 118 Å². The zero-order valence-electron chi connectivity index (χ0n) is 11.4. The summed E-state index contributed by atoms with van der Waals surface area (Å²) in [5.74, 6) is 0.914. The summed E-state index contributed by atoms with van der Waals surface area (Å²) in [6.07, 6.45) is 0.578. The molecule has 5 heteroatoms. The van der Waals surface area contributed by atoms with E-state index in [0.717, 1.165) is 31.9 Å². The molecule has 1 aromatic rings. The number of methoxy groups -OCH3 is 1. The monoisotopic (exact) mass is 282 g/mol. The molecular weight excluding hydrogens is 264 g/mol. The molecule has 1 fully saturated rings. The van der Waals surface area contributed by atoms with Gasteiger partial charge in [0.15, 0.2) is 0 Å². The maximum Gasteiger partial charge on any atom is 0.222 e. The zero-order chi connectivity index (χ0) is 13.8. The van der Waals surface area contributed by atoms with Gasteiger partial charge >= 0.3 is 0 Å². The second-order valence-electron chi connectivity index (χ2n) is 4.54. The van der Waals surface area contributed by atoms with Crippen LogP contribution in [-0.2, 0) is 4.79 Å². The van der Waals surface area contributed by atoms with E-state index in [9.17, 15) is 4.79 Å². The summed E-state index contributed by atoms with van der Waals surface area (Å²) in [4.78, 5) is 15.8. The van der Waals surface area contributed by atoms with Crippen LogP contribution in [0.2, 0.25) is 5.02 Å². The molecule has 104 valence electrons. The Morgan fingerprint density at radius 1 is 1.32 bits per heavy atom. The van der Waals surface area contributed by atoms with E-state index >= 15 is 0 Å². The van der Waals surface area contributed by atoms with Crippen molar-refractivity contribution in [3.63, 3.8) is 0 Å².